The molecule has 0 aliphatic carbocycles. The smallest absolute Gasteiger partial charge is 0.490 e. The van der Waals surface area contributed by atoms with Crippen LogP contribution in [0.15, 0.2) is 42.5 Å². The zero-order valence-electron chi connectivity index (χ0n) is 22.2. The second-order valence-electron chi connectivity index (χ2n) is 9.75. The molecule has 3 rings (SSSR count). The molecular formula is C27H35F4N3O5. The maximum Gasteiger partial charge on any atom is 0.490 e. The van der Waals surface area contributed by atoms with E-state index in [4.69, 9.17) is 14.6 Å². The molecule has 0 radical (unpaired) electrons. The molecule has 0 bridgehead atoms. The number of nitrogens with one attached hydrogen (secondary N) is 1. The Morgan fingerprint density at radius 2 is 1.72 bits per heavy atom. The number of hydrogen-bond acceptors (Lipinski definition) is 5. The summed E-state index contributed by atoms with van der Waals surface area (Å²) in [5.41, 5.74) is 1.51. The number of aliphatic carboxylic acids is 1. The SMILES string of the molecule is CC(C)COc1ccc(CNC(=O)N(Cc2ccc(F)cc2)C2CCN(C)CC2)c(O)c1.O=C(O)C(F)(F)F. The normalized spacial score (nSPS) is 14.4. The van der Waals surface area contributed by atoms with Crippen LogP contribution >= 0.6 is 0 Å². The first-order valence-electron chi connectivity index (χ1n) is 12.5. The Morgan fingerprint density at radius 3 is 2.23 bits per heavy atom. The molecule has 12 heteroatoms. The summed E-state index contributed by atoms with van der Waals surface area (Å²) in [5.74, 6) is -1.96. The quantitative estimate of drug-likeness (QED) is 0.395. The van der Waals surface area contributed by atoms with Gasteiger partial charge in [0.1, 0.15) is 17.3 Å². The van der Waals surface area contributed by atoms with Gasteiger partial charge in [-0.1, -0.05) is 26.0 Å². The lowest BCUT2D eigenvalue weighted by Crippen LogP contribution is -2.49. The standard InChI is InChI=1S/C25H34FN3O3.C2HF3O2/c1-18(2)17-32-23-9-6-20(24(30)14-23)15-27-25(31)29(22-10-12-28(3)13-11-22)16-19-4-7-21(26)8-5-19;3-2(4,5)1(6)7/h4-9,14,18,22,30H,10-13,15-17H2,1-3H3,(H,27,31);(H,6,7). The first-order valence-corrected chi connectivity index (χ1v) is 12.5. The molecule has 2 aromatic rings. The van der Waals surface area contributed by atoms with Crippen LogP contribution in [-0.4, -0.2) is 71.0 Å². The molecule has 1 saturated heterocycles. The van der Waals surface area contributed by atoms with E-state index in [-0.39, 0.29) is 30.2 Å². The number of hydrogen-bond donors (Lipinski definition) is 3. The molecule has 1 heterocycles. The number of phenols is 1. The van der Waals surface area contributed by atoms with Crippen LogP contribution in [0.4, 0.5) is 22.4 Å². The number of carbonyl (C=O) groups excluding carboxylic acids is 1. The monoisotopic (exact) mass is 557 g/mol. The van der Waals surface area contributed by atoms with Gasteiger partial charge in [0, 0.05) is 30.8 Å². The van der Waals surface area contributed by atoms with E-state index >= 15 is 0 Å². The van der Waals surface area contributed by atoms with Crippen molar-refractivity contribution in [2.24, 2.45) is 5.92 Å². The number of ether oxygens (including phenoxy) is 1. The molecule has 39 heavy (non-hydrogen) atoms. The summed E-state index contributed by atoms with van der Waals surface area (Å²) >= 11 is 0. The Balaban J connectivity index is 0.000000673. The lowest BCUT2D eigenvalue weighted by molar-refractivity contribution is -0.192. The number of amides is 2. The number of carboxylic acid groups (broad SMARTS) is 1. The summed E-state index contributed by atoms with van der Waals surface area (Å²) in [4.78, 5) is 26.1. The van der Waals surface area contributed by atoms with Crippen molar-refractivity contribution >= 4 is 12.0 Å². The summed E-state index contributed by atoms with van der Waals surface area (Å²) in [6.07, 6.45) is -3.31. The number of nitrogens with zero attached hydrogens (tertiary/aromatic N) is 2. The van der Waals surface area contributed by atoms with E-state index in [9.17, 15) is 27.5 Å². The molecule has 2 amide bonds. The number of alkyl halides is 3. The average Bonchev–Trinajstić information content (AvgIpc) is 2.87. The molecule has 1 aliphatic heterocycles. The topological polar surface area (TPSA) is 102 Å². The Bertz CT molecular complexity index is 1070. The van der Waals surface area contributed by atoms with E-state index in [0.29, 0.717) is 30.4 Å². The summed E-state index contributed by atoms with van der Waals surface area (Å²) in [5, 5.41) is 20.4. The third kappa shape index (κ3) is 11.0. The number of aromatic hydroxyl groups is 1. The van der Waals surface area contributed by atoms with Crippen LogP contribution in [0.25, 0.3) is 0 Å². The second kappa shape index (κ2) is 14.6. The van der Waals surface area contributed by atoms with Crippen molar-refractivity contribution in [3.63, 3.8) is 0 Å². The molecule has 1 aliphatic rings. The van der Waals surface area contributed by atoms with E-state index in [0.717, 1.165) is 31.5 Å². The molecule has 3 N–H and O–H groups in total. The van der Waals surface area contributed by atoms with Gasteiger partial charge in [-0.05, 0) is 68.7 Å². The molecule has 0 saturated carbocycles. The van der Waals surface area contributed by atoms with Crippen LogP contribution in [0.3, 0.4) is 0 Å². The highest BCUT2D eigenvalue weighted by molar-refractivity contribution is 5.74. The van der Waals surface area contributed by atoms with Crippen LogP contribution in [0.2, 0.25) is 0 Å². The molecule has 2 aromatic carbocycles. The predicted octanol–water partition coefficient (Wildman–Crippen LogP) is 5.01. The maximum absolute atomic E-state index is 13.3. The fourth-order valence-corrected chi connectivity index (χ4v) is 3.78. The van der Waals surface area contributed by atoms with Gasteiger partial charge in [0.15, 0.2) is 0 Å². The third-order valence-corrected chi connectivity index (χ3v) is 5.97. The van der Waals surface area contributed by atoms with Crippen molar-refractivity contribution in [1.29, 1.82) is 0 Å². The van der Waals surface area contributed by atoms with Crippen molar-refractivity contribution in [1.82, 2.24) is 15.1 Å². The van der Waals surface area contributed by atoms with Gasteiger partial charge in [-0.3, -0.25) is 0 Å². The average molecular weight is 558 g/mol. The van der Waals surface area contributed by atoms with Crippen molar-refractivity contribution < 1.29 is 42.1 Å². The number of likely N-dealkylation sites (tertiary alicyclic amines) is 1. The van der Waals surface area contributed by atoms with Gasteiger partial charge in [0.05, 0.1) is 6.61 Å². The molecule has 216 valence electrons. The summed E-state index contributed by atoms with van der Waals surface area (Å²) < 4.78 is 50.7. The van der Waals surface area contributed by atoms with Gasteiger partial charge in [-0.25, -0.2) is 14.0 Å². The molecular weight excluding hydrogens is 522 g/mol. The molecule has 1 fully saturated rings. The highest BCUT2D eigenvalue weighted by atomic mass is 19.4. The van der Waals surface area contributed by atoms with Gasteiger partial charge in [0.2, 0.25) is 0 Å². The number of carboxylic acids is 1. The van der Waals surface area contributed by atoms with E-state index in [1.807, 2.05) is 4.90 Å². The zero-order chi connectivity index (χ0) is 29.2. The number of piperidine rings is 1. The first kappa shape index (κ1) is 31.7. The molecule has 0 unspecified atom stereocenters. The van der Waals surface area contributed by atoms with E-state index in [1.54, 1.807) is 30.3 Å². The van der Waals surface area contributed by atoms with E-state index in [1.165, 1.54) is 12.1 Å². The molecule has 0 atom stereocenters. The van der Waals surface area contributed by atoms with Crippen LogP contribution in [0.5, 0.6) is 11.5 Å². The van der Waals surface area contributed by atoms with Gasteiger partial charge < -0.3 is 30.1 Å². The lowest BCUT2D eigenvalue weighted by atomic mass is 10.0. The number of benzene rings is 2. The van der Waals surface area contributed by atoms with Crippen LogP contribution in [0.1, 0.15) is 37.8 Å². The maximum atomic E-state index is 13.3. The minimum absolute atomic E-state index is 0.0935. The Morgan fingerprint density at radius 1 is 1.13 bits per heavy atom. The van der Waals surface area contributed by atoms with Crippen LogP contribution in [-0.2, 0) is 17.9 Å². The predicted molar refractivity (Wildman–Crippen MR) is 137 cm³/mol. The highest BCUT2D eigenvalue weighted by Crippen LogP contribution is 2.25. The number of halogens is 4. The first-order chi connectivity index (χ1) is 18.3. The summed E-state index contributed by atoms with van der Waals surface area (Å²) in [6, 6.07) is 11.3. The molecule has 0 spiro atoms. The lowest BCUT2D eigenvalue weighted by Gasteiger charge is -2.37. The number of phenolic OH excluding ortho intramolecular Hbond substituents is 1. The Kier molecular flexibility index (Phi) is 11.8. The second-order valence-corrected chi connectivity index (χ2v) is 9.75. The van der Waals surface area contributed by atoms with Crippen molar-refractivity contribution in [3.05, 3.63) is 59.4 Å². The zero-order valence-corrected chi connectivity index (χ0v) is 22.2. The largest absolute Gasteiger partial charge is 0.507 e. The third-order valence-electron chi connectivity index (χ3n) is 5.97. The Labute approximate surface area is 225 Å². The summed E-state index contributed by atoms with van der Waals surface area (Å²) in [7, 11) is 2.08. The van der Waals surface area contributed by atoms with Crippen LogP contribution < -0.4 is 10.1 Å². The van der Waals surface area contributed by atoms with Crippen molar-refractivity contribution in [2.75, 3.05) is 26.7 Å². The number of carbonyl (C=O) groups is 2. The minimum atomic E-state index is -5.08. The number of urea groups is 1. The number of rotatable bonds is 8. The summed E-state index contributed by atoms with van der Waals surface area (Å²) in [6.45, 7) is 7.17. The van der Waals surface area contributed by atoms with Gasteiger partial charge in [-0.2, -0.15) is 13.2 Å². The van der Waals surface area contributed by atoms with Crippen molar-refractivity contribution in [2.45, 2.75) is 52.0 Å². The van der Waals surface area contributed by atoms with E-state index in [2.05, 4.69) is 31.1 Å². The minimum Gasteiger partial charge on any atom is -0.507 e. The fraction of sp³-hybridized carbons (Fsp3) is 0.481. The molecule has 0 aromatic heterocycles. The highest BCUT2D eigenvalue weighted by Gasteiger charge is 2.38. The van der Waals surface area contributed by atoms with E-state index < -0.39 is 12.1 Å². The molecule has 8 nitrogen and oxygen atoms in total. The van der Waals surface area contributed by atoms with Gasteiger partial charge in [-0.15, -0.1) is 0 Å². The van der Waals surface area contributed by atoms with Gasteiger partial charge >= 0.3 is 18.2 Å². The van der Waals surface area contributed by atoms with Crippen LogP contribution in [0, 0.1) is 11.7 Å². The van der Waals surface area contributed by atoms with Crippen molar-refractivity contribution in [3.8, 4) is 11.5 Å². The van der Waals surface area contributed by atoms with Gasteiger partial charge in [0.25, 0.3) is 0 Å². The Hall–Kier alpha value is -3.54. The fourth-order valence-electron chi connectivity index (χ4n) is 3.78.